The van der Waals surface area contributed by atoms with E-state index in [1.807, 2.05) is 0 Å². The number of aromatic nitrogens is 2. The Kier molecular flexibility index (Phi) is 9.53. The maximum Gasteiger partial charge on any atom is 0.134 e. The first kappa shape index (κ1) is 29.4. The summed E-state index contributed by atoms with van der Waals surface area (Å²) in [6.45, 7) is 7.63. The summed E-state index contributed by atoms with van der Waals surface area (Å²) in [4.78, 5) is 0. The van der Waals surface area contributed by atoms with Gasteiger partial charge in [0.15, 0.2) is 0 Å². The quantitative estimate of drug-likeness (QED) is 0.256. The van der Waals surface area contributed by atoms with E-state index in [0.29, 0.717) is 51.6 Å². The summed E-state index contributed by atoms with van der Waals surface area (Å²) >= 11 is 0.994. The second kappa shape index (κ2) is 13.3. The van der Waals surface area contributed by atoms with E-state index in [9.17, 15) is 9.50 Å². The zero-order valence-corrected chi connectivity index (χ0v) is 25.0. The monoisotopic (exact) mass is 578 g/mol. The zero-order chi connectivity index (χ0) is 28.9. The van der Waals surface area contributed by atoms with Gasteiger partial charge < -0.3 is 9.84 Å². The van der Waals surface area contributed by atoms with E-state index in [1.54, 1.807) is 24.3 Å². The highest BCUT2D eigenvalue weighted by atomic mass is 32.1. The first-order valence-electron chi connectivity index (χ1n) is 14.9. The largest absolute Gasteiger partial charge is 0.508 e. The van der Waals surface area contributed by atoms with Crippen LogP contribution >= 0.6 is 11.7 Å². The molecule has 2 saturated carbocycles. The van der Waals surface area contributed by atoms with Crippen LogP contribution in [0.15, 0.2) is 48.5 Å². The van der Waals surface area contributed by atoms with Crippen LogP contribution < -0.4 is 4.74 Å². The molecule has 4 nitrogen and oxygen atoms in total. The summed E-state index contributed by atoms with van der Waals surface area (Å²) in [5.41, 5.74) is 2.83. The lowest BCUT2D eigenvalue weighted by Crippen LogP contribution is -2.18. The van der Waals surface area contributed by atoms with Crippen LogP contribution in [0.3, 0.4) is 0 Å². The van der Waals surface area contributed by atoms with Crippen molar-refractivity contribution in [2.24, 2.45) is 23.7 Å². The van der Waals surface area contributed by atoms with Crippen LogP contribution in [0, 0.1) is 35.3 Å². The van der Waals surface area contributed by atoms with E-state index in [4.69, 9.17) is 4.74 Å². The highest BCUT2D eigenvalue weighted by molar-refractivity contribution is 7.00. The highest BCUT2D eigenvalue weighted by Crippen LogP contribution is 2.38. The van der Waals surface area contributed by atoms with E-state index in [2.05, 4.69) is 29.5 Å². The molecule has 1 N–H and O–H groups in total. The predicted octanol–water partition coefficient (Wildman–Crippen LogP) is 10.0. The fourth-order valence-electron chi connectivity index (χ4n) is 5.96. The van der Waals surface area contributed by atoms with Crippen molar-refractivity contribution in [3.8, 4) is 33.8 Å². The lowest BCUT2D eigenvalue weighted by molar-refractivity contribution is 0.187. The minimum atomic E-state index is -0.558. The van der Waals surface area contributed by atoms with Gasteiger partial charge in [0.1, 0.15) is 34.2 Å². The third-order valence-corrected chi connectivity index (χ3v) is 9.34. The number of benzene rings is 3. The Morgan fingerprint density at radius 3 is 1.66 bits per heavy atom. The van der Waals surface area contributed by atoms with Gasteiger partial charge in [-0.2, -0.15) is 8.75 Å². The lowest BCUT2D eigenvalue weighted by Gasteiger charge is -2.26. The summed E-state index contributed by atoms with van der Waals surface area (Å²) in [7, 11) is 0. The molecule has 0 atom stereocenters. The molecule has 2 aliphatic rings. The van der Waals surface area contributed by atoms with Gasteiger partial charge in [0, 0.05) is 34.4 Å². The number of hydrogen-bond acceptors (Lipinski definition) is 5. The maximum absolute atomic E-state index is 15.1. The Bertz CT molecular complexity index is 1450. The van der Waals surface area contributed by atoms with Gasteiger partial charge in [0.05, 0.1) is 18.3 Å². The Morgan fingerprint density at radius 1 is 0.683 bits per heavy atom. The molecular formula is C34H40F2N2O2S. The third kappa shape index (κ3) is 7.24. The number of phenolic OH excluding ortho intramolecular Hbond substituents is 1. The summed E-state index contributed by atoms with van der Waals surface area (Å²) < 4.78 is 44.1. The van der Waals surface area contributed by atoms with Crippen molar-refractivity contribution in [2.45, 2.75) is 72.1 Å². The van der Waals surface area contributed by atoms with Crippen molar-refractivity contribution < 1.29 is 18.6 Å². The first-order chi connectivity index (χ1) is 19.8. The van der Waals surface area contributed by atoms with Crippen molar-refractivity contribution in [3.05, 3.63) is 60.2 Å². The van der Waals surface area contributed by atoms with E-state index in [1.165, 1.54) is 56.7 Å². The number of nitrogens with zero attached hydrogens (tertiary/aromatic N) is 2. The summed E-state index contributed by atoms with van der Waals surface area (Å²) in [6, 6.07) is 12.3. The molecule has 3 aromatic carbocycles. The van der Waals surface area contributed by atoms with Crippen LogP contribution in [0.5, 0.6) is 11.5 Å². The molecule has 1 aromatic heterocycles. The topological polar surface area (TPSA) is 55.2 Å². The predicted molar refractivity (Wildman–Crippen MR) is 163 cm³/mol. The standard InChI is InChI=1S/C26H24F2N2O2S.C8H16/c1-15-2-4-16(5-3-15)14-32-18-7-9-20(24(28)13-18)22-11-10-21(25-26(22)30-33-29-25)19-8-6-17(31)12-23(19)27;1-7-3-5-8(2)6-4-7/h6-13,15-16,31H,2-5,14H2,1H3;7-8H,3-6H2,1-2H3. The number of fused-ring (bicyclic) bond motifs is 1. The zero-order valence-electron chi connectivity index (χ0n) is 24.2. The highest BCUT2D eigenvalue weighted by Gasteiger charge is 2.20. The molecule has 0 saturated heterocycles. The molecule has 0 unspecified atom stereocenters. The number of rotatable bonds is 5. The molecule has 0 radical (unpaired) electrons. The number of ether oxygens (including phenoxy) is 1. The first-order valence-corrected chi connectivity index (χ1v) is 15.7. The molecule has 0 amide bonds. The van der Waals surface area contributed by atoms with Crippen molar-refractivity contribution >= 4 is 22.8 Å². The van der Waals surface area contributed by atoms with E-state index < -0.39 is 11.6 Å². The van der Waals surface area contributed by atoms with E-state index >= 15 is 4.39 Å². The van der Waals surface area contributed by atoms with Gasteiger partial charge in [-0.25, -0.2) is 8.78 Å². The summed E-state index contributed by atoms with van der Waals surface area (Å²) in [5, 5.41) is 9.51. The number of phenols is 1. The number of hydrogen-bond donors (Lipinski definition) is 1. The summed E-state index contributed by atoms with van der Waals surface area (Å²) in [5.74, 6) is 2.76. The van der Waals surface area contributed by atoms with Gasteiger partial charge in [-0.15, -0.1) is 0 Å². The fourth-order valence-corrected chi connectivity index (χ4v) is 6.54. The Labute approximate surface area is 246 Å². The molecule has 0 aliphatic heterocycles. The van der Waals surface area contributed by atoms with Gasteiger partial charge in [-0.05, 0) is 60.8 Å². The molecule has 0 spiro atoms. The molecule has 41 heavy (non-hydrogen) atoms. The van der Waals surface area contributed by atoms with Gasteiger partial charge in [0.2, 0.25) is 0 Å². The number of aromatic hydroxyl groups is 1. The molecule has 6 rings (SSSR count). The molecule has 2 aliphatic carbocycles. The normalized spacial score (nSPS) is 22.7. The molecule has 1 heterocycles. The minimum Gasteiger partial charge on any atom is -0.508 e. The molecule has 218 valence electrons. The van der Waals surface area contributed by atoms with Gasteiger partial charge in [-0.3, -0.25) is 0 Å². The second-order valence-corrected chi connectivity index (χ2v) is 12.8. The maximum atomic E-state index is 15.1. The smallest absolute Gasteiger partial charge is 0.134 e. The van der Waals surface area contributed by atoms with Crippen LogP contribution in [0.2, 0.25) is 0 Å². The Balaban J connectivity index is 0.000000365. The Hall–Kier alpha value is -3.06. The average molecular weight is 579 g/mol. The van der Waals surface area contributed by atoms with Crippen molar-refractivity contribution in [1.82, 2.24) is 8.75 Å². The van der Waals surface area contributed by atoms with Crippen LogP contribution in [0.25, 0.3) is 33.3 Å². The SMILES string of the molecule is CC1CCC(C)CC1.CC1CCC(COc2ccc(-c3ccc(-c4ccc(O)cc4F)c4nsnc34)c(F)c2)CC1. The molecule has 0 bridgehead atoms. The van der Waals surface area contributed by atoms with Crippen LogP contribution in [-0.4, -0.2) is 20.5 Å². The fraction of sp³-hybridized carbons (Fsp3) is 0.471. The van der Waals surface area contributed by atoms with E-state index in [0.717, 1.165) is 48.4 Å². The summed E-state index contributed by atoms with van der Waals surface area (Å²) in [6.07, 6.45) is 10.7. The molecule has 7 heteroatoms. The third-order valence-electron chi connectivity index (χ3n) is 8.81. The van der Waals surface area contributed by atoms with Gasteiger partial charge in [0.25, 0.3) is 0 Å². The molecule has 4 aromatic rings. The molecule has 2 fully saturated rings. The van der Waals surface area contributed by atoms with Crippen molar-refractivity contribution in [3.63, 3.8) is 0 Å². The Morgan fingerprint density at radius 2 is 1.15 bits per heavy atom. The van der Waals surface area contributed by atoms with Gasteiger partial charge in [-0.1, -0.05) is 71.4 Å². The van der Waals surface area contributed by atoms with Crippen molar-refractivity contribution in [1.29, 1.82) is 0 Å². The average Bonchev–Trinajstić information content (AvgIpc) is 3.45. The van der Waals surface area contributed by atoms with Crippen LogP contribution in [0.4, 0.5) is 8.78 Å². The molecular weight excluding hydrogens is 538 g/mol. The van der Waals surface area contributed by atoms with Crippen LogP contribution in [0.1, 0.15) is 72.1 Å². The lowest BCUT2D eigenvalue weighted by atomic mass is 9.83. The number of halogens is 2. The van der Waals surface area contributed by atoms with Crippen molar-refractivity contribution in [2.75, 3.05) is 6.61 Å². The van der Waals surface area contributed by atoms with Crippen LogP contribution in [-0.2, 0) is 0 Å². The minimum absolute atomic E-state index is 0.150. The van der Waals surface area contributed by atoms with E-state index in [-0.39, 0.29) is 5.75 Å². The van der Waals surface area contributed by atoms with Gasteiger partial charge >= 0.3 is 0 Å². The second-order valence-electron chi connectivity index (χ2n) is 12.2.